The van der Waals surface area contributed by atoms with Gasteiger partial charge in [0.2, 0.25) is 5.13 Å². The molecule has 1 saturated heterocycles. The van der Waals surface area contributed by atoms with Crippen LogP contribution in [0.4, 0.5) is 9.52 Å². The molecule has 4 heterocycles. The number of pyridine rings is 1. The van der Waals surface area contributed by atoms with Crippen molar-refractivity contribution in [3.05, 3.63) is 111 Å². The number of rotatable bonds is 6. The van der Waals surface area contributed by atoms with Gasteiger partial charge in [0.1, 0.15) is 23.2 Å². The van der Waals surface area contributed by atoms with E-state index in [-0.39, 0.29) is 22.0 Å². The molecule has 1 aliphatic rings. The number of carbonyl (C=O) groups excluding carboxylic acids is 2. The number of aliphatic hydroxyl groups is 1. The number of benzene rings is 2. The van der Waals surface area contributed by atoms with Crippen LogP contribution >= 0.6 is 34.7 Å². The van der Waals surface area contributed by atoms with Gasteiger partial charge in [0.15, 0.2) is 10.1 Å². The SMILES string of the molecule is Cc1cccn2c(C)c(/C(O)=C3\C(=O)C(=O)N(c4nnc(SCc5ccc(Cl)cc5)s4)C3c3ccccc3F)nc12. The summed E-state index contributed by atoms with van der Waals surface area (Å²) in [5, 5.41) is 20.7. The highest BCUT2D eigenvalue weighted by Crippen LogP contribution is 2.45. The number of imidazole rings is 1. The number of Topliss-reactive ketones (excluding diaryl/α,β-unsaturated/α-hetero) is 1. The fourth-order valence-corrected chi connectivity index (χ4v) is 6.73. The van der Waals surface area contributed by atoms with E-state index in [1.807, 2.05) is 31.2 Å². The highest BCUT2D eigenvalue weighted by Gasteiger charge is 2.49. The lowest BCUT2D eigenvalue weighted by Crippen LogP contribution is -2.29. The highest BCUT2D eigenvalue weighted by molar-refractivity contribution is 8.00. The van der Waals surface area contributed by atoms with Crippen molar-refractivity contribution in [3.63, 3.8) is 0 Å². The molecule has 0 spiro atoms. The number of halogens is 2. The summed E-state index contributed by atoms with van der Waals surface area (Å²) in [6.07, 6.45) is 1.79. The summed E-state index contributed by atoms with van der Waals surface area (Å²) < 4.78 is 17.6. The van der Waals surface area contributed by atoms with Crippen molar-refractivity contribution < 1.29 is 19.1 Å². The number of hydrogen-bond acceptors (Lipinski definition) is 8. The van der Waals surface area contributed by atoms with Crippen LogP contribution in [0.3, 0.4) is 0 Å². The zero-order chi connectivity index (χ0) is 28.8. The first kappa shape index (κ1) is 27.1. The third-order valence-corrected chi connectivity index (χ3v) is 9.21. The molecular weight excluding hydrogens is 585 g/mol. The first-order valence-electron chi connectivity index (χ1n) is 12.5. The van der Waals surface area contributed by atoms with E-state index in [4.69, 9.17) is 11.6 Å². The number of anilines is 1. The topological polar surface area (TPSA) is 101 Å². The third-order valence-electron chi connectivity index (χ3n) is 6.83. The fraction of sp³-hybridized carbons (Fsp3) is 0.138. The molecule has 1 N–H and O–H groups in total. The van der Waals surface area contributed by atoms with Gasteiger partial charge in [-0.3, -0.25) is 14.5 Å². The molecule has 206 valence electrons. The molecule has 1 unspecified atom stereocenters. The quantitative estimate of drug-likeness (QED) is 0.0774. The number of carbonyl (C=O) groups is 2. The number of amides is 1. The minimum absolute atomic E-state index is 0.0383. The zero-order valence-corrected chi connectivity index (χ0v) is 24.1. The second kappa shape index (κ2) is 10.7. The Morgan fingerprint density at radius 3 is 2.56 bits per heavy atom. The van der Waals surface area contributed by atoms with Crippen molar-refractivity contribution in [2.45, 2.75) is 30.0 Å². The van der Waals surface area contributed by atoms with Crippen molar-refractivity contribution in [1.29, 1.82) is 0 Å². The molecule has 41 heavy (non-hydrogen) atoms. The van der Waals surface area contributed by atoms with Crippen molar-refractivity contribution >= 4 is 62.9 Å². The second-order valence-electron chi connectivity index (χ2n) is 9.39. The number of aliphatic hydroxyl groups excluding tert-OH is 1. The molecule has 2 aromatic carbocycles. The molecular formula is C29H21ClFN5O3S2. The number of fused-ring (bicyclic) bond motifs is 1. The van der Waals surface area contributed by atoms with Gasteiger partial charge in [0.25, 0.3) is 5.78 Å². The van der Waals surface area contributed by atoms with Gasteiger partial charge in [0.05, 0.1) is 11.3 Å². The van der Waals surface area contributed by atoms with Crippen LogP contribution < -0.4 is 4.90 Å². The highest BCUT2D eigenvalue weighted by atomic mass is 35.5. The largest absolute Gasteiger partial charge is 0.505 e. The van der Waals surface area contributed by atoms with Crippen LogP contribution in [0.25, 0.3) is 11.4 Å². The van der Waals surface area contributed by atoms with Gasteiger partial charge >= 0.3 is 5.91 Å². The molecule has 5 aromatic rings. The number of aryl methyl sites for hydroxylation is 2. The summed E-state index contributed by atoms with van der Waals surface area (Å²) in [4.78, 5) is 32.7. The van der Waals surface area contributed by atoms with Gasteiger partial charge in [-0.1, -0.05) is 71.1 Å². The number of thioether (sulfide) groups is 1. The van der Waals surface area contributed by atoms with Crippen molar-refractivity contribution in [2.24, 2.45) is 0 Å². The lowest BCUT2D eigenvalue weighted by Gasteiger charge is -2.22. The average Bonchev–Trinajstić information content (AvgIpc) is 3.64. The molecule has 1 aliphatic heterocycles. The van der Waals surface area contributed by atoms with Crippen LogP contribution in [0.2, 0.25) is 5.02 Å². The molecule has 3 aromatic heterocycles. The Kier molecular flexibility index (Phi) is 7.10. The van der Waals surface area contributed by atoms with Gasteiger partial charge in [-0.25, -0.2) is 9.37 Å². The van der Waals surface area contributed by atoms with Crippen LogP contribution in [0.1, 0.15) is 34.1 Å². The van der Waals surface area contributed by atoms with Crippen LogP contribution in [0, 0.1) is 19.7 Å². The Balaban J connectivity index is 1.44. The number of hydrogen-bond donors (Lipinski definition) is 1. The number of aromatic nitrogens is 4. The summed E-state index contributed by atoms with van der Waals surface area (Å²) in [7, 11) is 0. The fourth-order valence-electron chi connectivity index (χ4n) is 4.78. The second-order valence-corrected chi connectivity index (χ2v) is 12.0. The Bertz CT molecular complexity index is 1870. The van der Waals surface area contributed by atoms with E-state index < -0.39 is 29.3 Å². The van der Waals surface area contributed by atoms with E-state index >= 15 is 4.39 Å². The monoisotopic (exact) mass is 605 g/mol. The Morgan fingerprint density at radius 2 is 1.83 bits per heavy atom. The molecule has 1 fully saturated rings. The zero-order valence-electron chi connectivity index (χ0n) is 21.7. The first-order chi connectivity index (χ1) is 19.7. The smallest absolute Gasteiger partial charge is 0.301 e. The Labute approximate surface area is 247 Å². The summed E-state index contributed by atoms with van der Waals surface area (Å²) in [6.45, 7) is 3.62. The van der Waals surface area contributed by atoms with E-state index in [1.54, 1.807) is 35.7 Å². The van der Waals surface area contributed by atoms with Crippen LogP contribution in [-0.4, -0.2) is 36.4 Å². The summed E-state index contributed by atoms with van der Waals surface area (Å²) in [6, 6.07) is 15.7. The van der Waals surface area contributed by atoms with Crippen LogP contribution in [0.15, 0.2) is 76.8 Å². The normalized spacial score (nSPS) is 16.7. The lowest BCUT2D eigenvalue weighted by molar-refractivity contribution is -0.132. The predicted molar refractivity (Wildman–Crippen MR) is 157 cm³/mol. The average molecular weight is 606 g/mol. The van der Waals surface area contributed by atoms with Gasteiger partial charge in [-0.2, -0.15) is 0 Å². The van der Waals surface area contributed by atoms with E-state index in [1.165, 1.54) is 30.0 Å². The molecule has 0 radical (unpaired) electrons. The first-order valence-corrected chi connectivity index (χ1v) is 14.6. The minimum Gasteiger partial charge on any atom is -0.505 e. The van der Waals surface area contributed by atoms with Gasteiger partial charge in [-0.05, 0) is 49.2 Å². The molecule has 8 nitrogen and oxygen atoms in total. The van der Waals surface area contributed by atoms with Crippen molar-refractivity contribution in [2.75, 3.05) is 4.90 Å². The Hall–Kier alpha value is -4.06. The molecule has 1 amide bonds. The molecule has 1 atom stereocenters. The maximum absolute atomic E-state index is 15.2. The third kappa shape index (κ3) is 4.79. The van der Waals surface area contributed by atoms with Gasteiger partial charge < -0.3 is 9.51 Å². The summed E-state index contributed by atoms with van der Waals surface area (Å²) >= 11 is 8.47. The molecule has 6 rings (SSSR count). The van der Waals surface area contributed by atoms with E-state index in [0.717, 1.165) is 27.4 Å². The molecule has 0 saturated carbocycles. The summed E-state index contributed by atoms with van der Waals surface area (Å²) in [5.74, 6) is -2.45. The number of ketones is 1. The summed E-state index contributed by atoms with van der Waals surface area (Å²) in [5.41, 5.74) is 2.94. The van der Waals surface area contributed by atoms with Gasteiger partial charge in [-0.15, -0.1) is 10.2 Å². The molecule has 12 heteroatoms. The maximum atomic E-state index is 15.2. The van der Waals surface area contributed by atoms with Crippen LogP contribution in [-0.2, 0) is 15.3 Å². The van der Waals surface area contributed by atoms with Crippen LogP contribution in [0.5, 0.6) is 0 Å². The maximum Gasteiger partial charge on any atom is 0.301 e. The van der Waals surface area contributed by atoms with E-state index in [9.17, 15) is 14.7 Å². The van der Waals surface area contributed by atoms with Crippen molar-refractivity contribution in [1.82, 2.24) is 19.6 Å². The molecule has 0 bridgehead atoms. The van der Waals surface area contributed by atoms with Crippen molar-refractivity contribution in [3.8, 4) is 0 Å². The standard InChI is InChI=1S/C29H21ClFN5O3S2/c1-15-6-5-13-35-16(2)22(32-26(15)35)24(37)21-23(19-7-3-4-8-20(19)31)36(27(39)25(21)38)28-33-34-29(41-28)40-14-17-9-11-18(30)12-10-17/h3-13,23,37H,14H2,1-2H3/b24-21+. The van der Waals surface area contributed by atoms with Gasteiger partial charge in [0, 0.05) is 22.5 Å². The van der Waals surface area contributed by atoms with E-state index in [0.29, 0.717) is 26.5 Å². The molecule has 0 aliphatic carbocycles. The minimum atomic E-state index is -1.27. The Morgan fingerprint density at radius 1 is 1.07 bits per heavy atom. The lowest BCUT2D eigenvalue weighted by atomic mass is 9.96. The number of nitrogens with zero attached hydrogens (tertiary/aromatic N) is 5. The predicted octanol–water partition coefficient (Wildman–Crippen LogP) is 6.51. The van der Waals surface area contributed by atoms with E-state index in [2.05, 4.69) is 15.2 Å².